The molecular formula is C8H19NO2. The third-order valence-corrected chi connectivity index (χ3v) is 1.58. The number of hydrogen-bond donors (Lipinski definition) is 2. The molecule has 0 spiro atoms. The molecule has 68 valence electrons. The van der Waals surface area contributed by atoms with Crippen LogP contribution in [0.5, 0.6) is 0 Å². The topological polar surface area (TPSA) is 41.5 Å². The molecule has 0 aromatic heterocycles. The van der Waals surface area contributed by atoms with Gasteiger partial charge in [0.1, 0.15) is 0 Å². The van der Waals surface area contributed by atoms with Crippen LogP contribution in [0.25, 0.3) is 0 Å². The molecule has 0 bridgehead atoms. The van der Waals surface area contributed by atoms with Crippen LogP contribution in [0.4, 0.5) is 0 Å². The van der Waals surface area contributed by atoms with Crippen LogP contribution in [0.15, 0.2) is 0 Å². The molecule has 0 fully saturated rings. The Bertz CT molecular complexity index is 98.1. The molecule has 0 saturated carbocycles. The lowest BCUT2D eigenvalue weighted by Crippen LogP contribution is -2.49. The Kier molecular flexibility index (Phi) is 5.46. The van der Waals surface area contributed by atoms with Gasteiger partial charge in [0, 0.05) is 6.61 Å². The van der Waals surface area contributed by atoms with Crippen LogP contribution in [-0.4, -0.2) is 37.0 Å². The summed E-state index contributed by atoms with van der Waals surface area (Å²) in [4.78, 5) is 0. The van der Waals surface area contributed by atoms with Crippen molar-refractivity contribution >= 4 is 0 Å². The van der Waals surface area contributed by atoms with Gasteiger partial charge in [-0.3, -0.25) is 0 Å². The average Bonchev–Trinajstić information content (AvgIpc) is 2.02. The fourth-order valence-corrected chi connectivity index (χ4v) is 0.907. The van der Waals surface area contributed by atoms with Crippen molar-refractivity contribution in [1.82, 2.24) is 5.32 Å². The van der Waals surface area contributed by atoms with Crippen molar-refractivity contribution in [3.63, 3.8) is 0 Å². The summed E-state index contributed by atoms with van der Waals surface area (Å²) in [5.41, 5.74) is -0.273. The van der Waals surface area contributed by atoms with E-state index < -0.39 is 0 Å². The molecule has 0 aliphatic carbocycles. The smallest absolute Gasteiger partial charge is 0.0667 e. The second-order valence-electron chi connectivity index (χ2n) is 2.89. The minimum absolute atomic E-state index is 0.112. The maximum absolute atomic E-state index is 9.00. The Morgan fingerprint density at radius 3 is 2.45 bits per heavy atom. The lowest BCUT2D eigenvalue weighted by Gasteiger charge is -2.27. The van der Waals surface area contributed by atoms with Crippen molar-refractivity contribution in [2.75, 3.05) is 26.4 Å². The van der Waals surface area contributed by atoms with Gasteiger partial charge in [-0.15, -0.1) is 0 Å². The first-order valence-electron chi connectivity index (χ1n) is 4.12. The number of rotatable bonds is 6. The van der Waals surface area contributed by atoms with Gasteiger partial charge in [-0.1, -0.05) is 6.92 Å². The van der Waals surface area contributed by atoms with E-state index >= 15 is 0 Å². The molecule has 2 N–H and O–H groups in total. The quantitative estimate of drug-likeness (QED) is 0.592. The summed E-state index contributed by atoms with van der Waals surface area (Å²) >= 11 is 0. The van der Waals surface area contributed by atoms with Crippen LogP contribution in [0.3, 0.4) is 0 Å². The maximum Gasteiger partial charge on any atom is 0.0667 e. The highest BCUT2D eigenvalue weighted by molar-refractivity contribution is 4.80. The molecule has 0 aromatic carbocycles. The van der Waals surface area contributed by atoms with Crippen LogP contribution in [0.2, 0.25) is 0 Å². The van der Waals surface area contributed by atoms with Gasteiger partial charge < -0.3 is 15.2 Å². The number of ether oxygens (including phenoxy) is 1. The summed E-state index contributed by atoms with van der Waals surface area (Å²) in [5.74, 6) is 0. The van der Waals surface area contributed by atoms with E-state index in [-0.39, 0.29) is 12.1 Å². The Morgan fingerprint density at radius 1 is 1.45 bits per heavy atom. The van der Waals surface area contributed by atoms with Crippen molar-refractivity contribution in [2.45, 2.75) is 26.3 Å². The van der Waals surface area contributed by atoms with Crippen molar-refractivity contribution < 1.29 is 9.84 Å². The number of aliphatic hydroxyl groups excluding tert-OH is 1. The number of nitrogens with one attached hydrogen (secondary N) is 1. The zero-order valence-electron chi connectivity index (χ0n) is 7.68. The molecule has 0 amide bonds. The molecule has 1 atom stereocenters. The summed E-state index contributed by atoms with van der Waals surface area (Å²) in [6, 6.07) is 0. The first kappa shape index (κ1) is 10.9. The van der Waals surface area contributed by atoms with Crippen molar-refractivity contribution in [3.8, 4) is 0 Å². The Balaban J connectivity index is 3.68. The molecule has 0 aliphatic heterocycles. The third kappa shape index (κ3) is 4.35. The van der Waals surface area contributed by atoms with Crippen molar-refractivity contribution in [3.05, 3.63) is 0 Å². The highest BCUT2D eigenvalue weighted by Crippen LogP contribution is 2.02. The predicted molar refractivity (Wildman–Crippen MR) is 45.7 cm³/mol. The van der Waals surface area contributed by atoms with Crippen LogP contribution in [0.1, 0.15) is 20.8 Å². The van der Waals surface area contributed by atoms with Crippen LogP contribution < -0.4 is 5.32 Å². The molecular weight excluding hydrogens is 142 g/mol. The first-order valence-corrected chi connectivity index (χ1v) is 4.12. The van der Waals surface area contributed by atoms with Gasteiger partial charge in [-0.25, -0.2) is 0 Å². The molecule has 0 aromatic rings. The molecule has 0 radical (unpaired) electrons. The summed E-state index contributed by atoms with van der Waals surface area (Å²) < 4.78 is 5.22. The minimum Gasteiger partial charge on any atom is -0.394 e. The first-order chi connectivity index (χ1) is 5.18. The summed E-state index contributed by atoms with van der Waals surface area (Å²) in [5, 5.41) is 12.2. The molecule has 1 unspecified atom stereocenters. The summed E-state index contributed by atoms with van der Waals surface area (Å²) in [6.45, 7) is 8.13. The van der Waals surface area contributed by atoms with E-state index in [0.717, 1.165) is 6.54 Å². The molecule has 0 rings (SSSR count). The van der Waals surface area contributed by atoms with E-state index in [1.807, 2.05) is 20.8 Å². The molecule has 3 nitrogen and oxygen atoms in total. The second-order valence-corrected chi connectivity index (χ2v) is 2.89. The van der Waals surface area contributed by atoms with Gasteiger partial charge in [0.2, 0.25) is 0 Å². The molecule has 0 aliphatic rings. The van der Waals surface area contributed by atoms with E-state index in [0.29, 0.717) is 13.2 Å². The normalized spacial score (nSPS) is 16.4. The van der Waals surface area contributed by atoms with Gasteiger partial charge in [-0.05, 0) is 20.4 Å². The third-order valence-electron chi connectivity index (χ3n) is 1.58. The average molecular weight is 161 g/mol. The second kappa shape index (κ2) is 5.52. The Labute approximate surface area is 68.8 Å². The SMILES string of the molecule is CCNC(C)(CO)COCC. The van der Waals surface area contributed by atoms with Crippen molar-refractivity contribution in [2.24, 2.45) is 0 Å². The van der Waals surface area contributed by atoms with Gasteiger partial charge in [0.15, 0.2) is 0 Å². The molecule has 11 heavy (non-hydrogen) atoms. The van der Waals surface area contributed by atoms with E-state index in [1.54, 1.807) is 0 Å². The highest BCUT2D eigenvalue weighted by atomic mass is 16.5. The standard InChI is InChI=1S/C8H19NO2/c1-4-9-8(3,6-10)7-11-5-2/h9-10H,4-7H2,1-3H3. The number of hydrogen-bond acceptors (Lipinski definition) is 3. The van der Waals surface area contributed by atoms with Gasteiger partial charge >= 0.3 is 0 Å². The fraction of sp³-hybridized carbons (Fsp3) is 1.00. The molecule has 0 saturated heterocycles. The van der Waals surface area contributed by atoms with E-state index in [2.05, 4.69) is 5.32 Å². The molecule has 0 heterocycles. The number of aliphatic hydroxyl groups is 1. The van der Waals surface area contributed by atoms with Crippen LogP contribution >= 0.6 is 0 Å². The highest BCUT2D eigenvalue weighted by Gasteiger charge is 2.21. The number of likely N-dealkylation sites (N-methyl/N-ethyl adjacent to an activating group) is 1. The lowest BCUT2D eigenvalue weighted by atomic mass is 10.1. The van der Waals surface area contributed by atoms with E-state index in [1.165, 1.54) is 0 Å². The predicted octanol–water partition coefficient (Wildman–Crippen LogP) is 0.383. The summed E-state index contributed by atoms with van der Waals surface area (Å²) in [7, 11) is 0. The van der Waals surface area contributed by atoms with Crippen LogP contribution in [0, 0.1) is 0 Å². The minimum atomic E-state index is -0.273. The Morgan fingerprint density at radius 2 is 2.09 bits per heavy atom. The van der Waals surface area contributed by atoms with Gasteiger partial charge in [0.25, 0.3) is 0 Å². The zero-order valence-corrected chi connectivity index (χ0v) is 7.68. The monoisotopic (exact) mass is 161 g/mol. The van der Waals surface area contributed by atoms with E-state index in [9.17, 15) is 0 Å². The fourth-order valence-electron chi connectivity index (χ4n) is 0.907. The summed E-state index contributed by atoms with van der Waals surface area (Å²) in [6.07, 6.45) is 0. The van der Waals surface area contributed by atoms with E-state index in [4.69, 9.17) is 9.84 Å². The maximum atomic E-state index is 9.00. The van der Waals surface area contributed by atoms with Crippen LogP contribution in [-0.2, 0) is 4.74 Å². The Hall–Kier alpha value is -0.120. The largest absolute Gasteiger partial charge is 0.394 e. The van der Waals surface area contributed by atoms with Gasteiger partial charge in [0.05, 0.1) is 18.8 Å². The zero-order chi connectivity index (χ0) is 8.74. The lowest BCUT2D eigenvalue weighted by molar-refractivity contribution is 0.0516. The van der Waals surface area contributed by atoms with Gasteiger partial charge in [-0.2, -0.15) is 0 Å². The molecule has 3 heteroatoms. The van der Waals surface area contributed by atoms with Crippen molar-refractivity contribution in [1.29, 1.82) is 0 Å².